The van der Waals surface area contributed by atoms with Gasteiger partial charge in [0.2, 0.25) is 0 Å². The number of hydrogen-bond donors (Lipinski definition) is 2. The molecule has 30 heavy (non-hydrogen) atoms. The number of carbonyl (C=O) groups excluding carboxylic acids is 2. The zero-order valence-electron chi connectivity index (χ0n) is 16.6. The van der Waals surface area contributed by atoms with Crippen LogP contribution in [0.5, 0.6) is 11.5 Å². The second kappa shape index (κ2) is 9.80. The van der Waals surface area contributed by atoms with Crippen LogP contribution in [0.4, 0.5) is 11.4 Å². The van der Waals surface area contributed by atoms with Gasteiger partial charge in [-0.15, -0.1) is 0 Å². The van der Waals surface area contributed by atoms with Crippen LogP contribution < -0.4 is 20.1 Å². The third kappa shape index (κ3) is 5.52. The Bertz CT molecular complexity index is 1050. The number of halogens is 1. The van der Waals surface area contributed by atoms with Crippen LogP contribution >= 0.6 is 11.6 Å². The number of hydrogen-bond acceptors (Lipinski definition) is 4. The highest BCUT2D eigenvalue weighted by Crippen LogP contribution is 2.24. The van der Waals surface area contributed by atoms with Crippen molar-refractivity contribution in [2.24, 2.45) is 0 Å². The molecule has 0 aliphatic rings. The fourth-order valence-corrected chi connectivity index (χ4v) is 2.84. The van der Waals surface area contributed by atoms with E-state index in [1.807, 2.05) is 25.1 Å². The molecule has 6 nitrogen and oxygen atoms in total. The Morgan fingerprint density at radius 3 is 2.40 bits per heavy atom. The van der Waals surface area contributed by atoms with Crippen LogP contribution in [-0.4, -0.2) is 25.5 Å². The molecule has 0 fully saturated rings. The van der Waals surface area contributed by atoms with E-state index in [1.54, 1.807) is 55.6 Å². The van der Waals surface area contributed by atoms with Crippen molar-refractivity contribution in [2.75, 3.05) is 24.4 Å². The van der Waals surface area contributed by atoms with Gasteiger partial charge in [-0.25, -0.2) is 0 Å². The monoisotopic (exact) mass is 424 g/mol. The van der Waals surface area contributed by atoms with Gasteiger partial charge in [0.15, 0.2) is 6.61 Å². The Balaban J connectivity index is 1.54. The lowest BCUT2D eigenvalue weighted by Crippen LogP contribution is -2.20. The molecule has 0 saturated carbocycles. The molecule has 0 bridgehead atoms. The summed E-state index contributed by atoms with van der Waals surface area (Å²) in [5.74, 6) is 0.459. The molecule has 2 N–H and O–H groups in total. The zero-order valence-corrected chi connectivity index (χ0v) is 17.3. The molecular weight excluding hydrogens is 404 g/mol. The first kappa shape index (κ1) is 21.2. The van der Waals surface area contributed by atoms with Gasteiger partial charge in [0.05, 0.1) is 12.8 Å². The number of methoxy groups -OCH3 is 1. The highest BCUT2D eigenvalue weighted by molar-refractivity contribution is 6.31. The molecule has 3 aromatic rings. The summed E-state index contributed by atoms with van der Waals surface area (Å²) < 4.78 is 10.7. The van der Waals surface area contributed by atoms with E-state index in [0.717, 1.165) is 5.56 Å². The van der Waals surface area contributed by atoms with E-state index in [0.29, 0.717) is 33.5 Å². The molecular formula is C23H21ClN2O4. The normalized spacial score (nSPS) is 10.2. The van der Waals surface area contributed by atoms with Crippen LogP contribution in [0, 0.1) is 6.92 Å². The molecule has 0 aliphatic heterocycles. The van der Waals surface area contributed by atoms with Gasteiger partial charge in [0.25, 0.3) is 11.8 Å². The summed E-state index contributed by atoms with van der Waals surface area (Å²) in [7, 11) is 1.54. The van der Waals surface area contributed by atoms with Gasteiger partial charge < -0.3 is 20.1 Å². The summed E-state index contributed by atoms with van der Waals surface area (Å²) in [5, 5.41) is 6.11. The molecule has 2 amide bonds. The summed E-state index contributed by atoms with van der Waals surface area (Å²) in [5.41, 5.74) is 2.56. The van der Waals surface area contributed by atoms with Crippen molar-refractivity contribution in [3.8, 4) is 11.5 Å². The predicted octanol–water partition coefficient (Wildman–Crippen LogP) is 4.93. The molecule has 0 aromatic heterocycles. The van der Waals surface area contributed by atoms with E-state index in [1.165, 1.54) is 0 Å². The van der Waals surface area contributed by atoms with Crippen LogP contribution in [-0.2, 0) is 4.79 Å². The van der Waals surface area contributed by atoms with Crippen molar-refractivity contribution >= 4 is 34.8 Å². The van der Waals surface area contributed by atoms with Crippen LogP contribution in [0.3, 0.4) is 0 Å². The van der Waals surface area contributed by atoms with Crippen LogP contribution in [0.15, 0.2) is 66.7 Å². The molecule has 0 aliphatic carbocycles. The van der Waals surface area contributed by atoms with Gasteiger partial charge in [-0.1, -0.05) is 29.8 Å². The number of anilines is 2. The number of benzene rings is 3. The molecule has 3 aromatic carbocycles. The van der Waals surface area contributed by atoms with Gasteiger partial charge in [0, 0.05) is 16.3 Å². The number of ether oxygens (including phenoxy) is 2. The fourth-order valence-electron chi connectivity index (χ4n) is 2.66. The Labute approximate surface area is 179 Å². The topological polar surface area (TPSA) is 76.7 Å². The van der Waals surface area contributed by atoms with E-state index in [9.17, 15) is 9.59 Å². The van der Waals surface area contributed by atoms with E-state index in [2.05, 4.69) is 10.6 Å². The number of aryl methyl sites for hydroxylation is 1. The maximum absolute atomic E-state index is 12.4. The Morgan fingerprint density at radius 2 is 1.70 bits per heavy atom. The SMILES string of the molecule is COc1ccccc1NC(=O)c1ccc(OCC(=O)Nc2ccc(C)c(Cl)c2)cc1. The first-order valence-corrected chi connectivity index (χ1v) is 9.57. The van der Waals surface area contributed by atoms with Gasteiger partial charge in [-0.05, 0) is 61.0 Å². The number of amides is 2. The summed E-state index contributed by atoms with van der Waals surface area (Å²) in [4.78, 5) is 24.5. The van der Waals surface area contributed by atoms with Crippen LogP contribution in [0.25, 0.3) is 0 Å². The minimum atomic E-state index is -0.312. The predicted molar refractivity (Wildman–Crippen MR) is 118 cm³/mol. The Hall–Kier alpha value is -3.51. The quantitative estimate of drug-likeness (QED) is 0.564. The molecule has 0 saturated heterocycles. The molecule has 3 rings (SSSR count). The highest BCUT2D eigenvalue weighted by Gasteiger charge is 2.10. The summed E-state index contributed by atoms with van der Waals surface area (Å²) in [6.45, 7) is 1.72. The maximum Gasteiger partial charge on any atom is 0.262 e. The van der Waals surface area contributed by atoms with Gasteiger partial charge in [0.1, 0.15) is 11.5 Å². The first-order valence-electron chi connectivity index (χ1n) is 9.19. The summed E-state index contributed by atoms with van der Waals surface area (Å²) in [6, 6.07) is 19.0. The molecule has 154 valence electrons. The zero-order chi connectivity index (χ0) is 21.5. The van der Waals surface area contributed by atoms with Crippen molar-refractivity contribution in [2.45, 2.75) is 6.92 Å². The summed E-state index contributed by atoms with van der Waals surface area (Å²) in [6.07, 6.45) is 0. The smallest absolute Gasteiger partial charge is 0.262 e. The lowest BCUT2D eigenvalue weighted by Gasteiger charge is -2.11. The molecule has 0 spiro atoms. The average molecular weight is 425 g/mol. The molecule has 7 heteroatoms. The first-order chi connectivity index (χ1) is 14.5. The molecule has 0 unspecified atom stereocenters. The number of carbonyl (C=O) groups is 2. The van der Waals surface area contributed by atoms with Crippen LogP contribution in [0.2, 0.25) is 5.02 Å². The molecule has 0 heterocycles. The average Bonchev–Trinajstić information content (AvgIpc) is 2.75. The molecule has 0 atom stereocenters. The second-order valence-corrected chi connectivity index (χ2v) is 6.89. The van der Waals surface area contributed by atoms with Crippen molar-refractivity contribution in [3.63, 3.8) is 0 Å². The third-order valence-electron chi connectivity index (χ3n) is 4.30. The van der Waals surface area contributed by atoms with Gasteiger partial charge in [-0.3, -0.25) is 9.59 Å². The number of para-hydroxylation sites is 2. The lowest BCUT2D eigenvalue weighted by atomic mass is 10.2. The second-order valence-electron chi connectivity index (χ2n) is 6.48. The summed E-state index contributed by atoms with van der Waals surface area (Å²) >= 11 is 6.06. The Kier molecular flexibility index (Phi) is 6.93. The standard InChI is InChI=1S/C23H21ClN2O4/c1-15-7-10-17(13-19(15)24)25-22(27)14-30-18-11-8-16(9-12-18)23(28)26-20-5-3-4-6-21(20)29-2/h3-13H,14H2,1-2H3,(H,25,27)(H,26,28). The minimum Gasteiger partial charge on any atom is -0.495 e. The van der Waals surface area contributed by atoms with Gasteiger partial charge >= 0.3 is 0 Å². The largest absolute Gasteiger partial charge is 0.495 e. The number of nitrogens with one attached hydrogen (secondary N) is 2. The third-order valence-corrected chi connectivity index (χ3v) is 4.70. The van der Waals surface area contributed by atoms with Crippen molar-refractivity contribution < 1.29 is 19.1 Å². The minimum absolute atomic E-state index is 0.168. The van der Waals surface area contributed by atoms with Gasteiger partial charge in [-0.2, -0.15) is 0 Å². The Morgan fingerprint density at radius 1 is 0.967 bits per heavy atom. The molecule has 0 radical (unpaired) electrons. The van der Waals surface area contributed by atoms with E-state index >= 15 is 0 Å². The van der Waals surface area contributed by atoms with Crippen molar-refractivity contribution in [1.29, 1.82) is 0 Å². The van der Waals surface area contributed by atoms with Crippen molar-refractivity contribution in [1.82, 2.24) is 0 Å². The van der Waals surface area contributed by atoms with Crippen LogP contribution in [0.1, 0.15) is 15.9 Å². The lowest BCUT2D eigenvalue weighted by molar-refractivity contribution is -0.118. The van der Waals surface area contributed by atoms with E-state index in [-0.39, 0.29) is 18.4 Å². The maximum atomic E-state index is 12.4. The van der Waals surface area contributed by atoms with Crippen molar-refractivity contribution in [3.05, 3.63) is 82.9 Å². The fraction of sp³-hybridized carbons (Fsp3) is 0.130. The highest BCUT2D eigenvalue weighted by atomic mass is 35.5. The van der Waals surface area contributed by atoms with E-state index < -0.39 is 0 Å². The number of rotatable bonds is 7. The van der Waals surface area contributed by atoms with E-state index in [4.69, 9.17) is 21.1 Å².